The maximum absolute atomic E-state index is 13.5. The number of nitrogens with one attached hydrogen (secondary N) is 3. The van der Waals surface area contributed by atoms with Crippen molar-refractivity contribution in [3.8, 4) is 0 Å². The van der Waals surface area contributed by atoms with Gasteiger partial charge in [0.25, 0.3) is 0 Å². The minimum absolute atomic E-state index is 0.530. The third-order valence-corrected chi connectivity index (χ3v) is 7.33. The van der Waals surface area contributed by atoms with E-state index in [4.69, 9.17) is 0 Å². The van der Waals surface area contributed by atoms with Gasteiger partial charge < -0.3 is 10.2 Å². The zero-order chi connectivity index (χ0) is 17.9. The van der Waals surface area contributed by atoms with E-state index in [9.17, 15) is 4.39 Å². The molecule has 6 heteroatoms. The number of piperidine rings is 1. The normalized spacial score (nSPS) is 43.6. The van der Waals surface area contributed by atoms with E-state index in [-0.39, 0.29) is 0 Å². The Hall–Kier alpha value is -0.270. The van der Waals surface area contributed by atoms with Crippen molar-refractivity contribution in [1.82, 2.24) is 26.0 Å². The summed E-state index contributed by atoms with van der Waals surface area (Å²) in [6.45, 7) is 10.5. The van der Waals surface area contributed by atoms with Gasteiger partial charge in [-0.05, 0) is 56.9 Å². The van der Waals surface area contributed by atoms with Crippen LogP contribution in [-0.4, -0.2) is 74.0 Å². The molecule has 1 aliphatic carbocycles. The fraction of sp³-hybridized carbons (Fsp3) is 1.00. The van der Waals surface area contributed by atoms with Gasteiger partial charge in [-0.25, -0.2) is 4.39 Å². The first kappa shape index (κ1) is 19.1. The van der Waals surface area contributed by atoms with E-state index < -0.39 is 6.17 Å². The minimum Gasteiger partial charge on any atom is -0.301 e. The lowest BCUT2D eigenvalue weighted by Gasteiger charge is -2.43. The molecule has 0 aromatic rings. The number of halogens is 1. The van der Waals surface area contributed by atoms with E-state index >= 15 is 0 Å². The molecule has 150 valence electrons. The third kappa shape index (κ3) is 4.58. The maximum atomic E-state index is 13.5. The van der Waals surface area contributed by atoms with E-state index in [1.165, 1.54) is 52.1 Å². The second-order valence-electron chi connectivity index (χ2n) is 9.27. The van der Waals surface area contributed by atoms with Gasteiger partial charge >= 0.3 is 0 Å². The molecule has 4 atom stereocenters. The molecule has 3 N–H and O–H groups in total. The zero-order valence-corrected chi connectivity index (χ0v) is 16.4. The van der Waals surface area contributed by atoms with Crippen LogP contribution < -0.4 is 16.2 Å². The highest BCUT2D eigenvalue weighted by Gasteiger charge is 2.37. The van der Waals surface area contributed by atoms with E-state index in [0.717, 1.165) is 38.1 Å². The van der Waals surface area contributed by atoms with Crippen LogP contribution in [0, 0.1) is 17.8 Å². The Labute approximate surface area is 158 Å². The van der Waals surface area contributed by atoms with Crippen molar-refractivity contribution in [1.29, 1.82) is 0 Å². The van der Waals surface area contributed by atoms with Crippen LogP contribution in [0.4, 0.5) is 4.39 Å². The number of hydrogen-bond acceptors (Lipinski definition) is 5. The van der Waals surface area contributed by atoms with Gasteiger partial charge in [0.1, 0.15) is 6.17 Å². The van der Waals surface area contributed by atoms with Crippen LogP contribution >= 0.6 is 0 Å². The van der Waals surface area contributed by atoms with Gasteiger partial charge in [-0.15, -0.1) is 0 Å². The molecule has 0 bridgehead atoms. The van der Waals surface area contributed by atoms with Gasteiger partial charge in [-0.1, -0.05) is 6.92 Å². The summed E-state index contributed by atoms with van der Waals surface area (Å²) in [4.78, 5) is 5.32. The molecule has 0 radical (unpaired) electrons. The van der Waals surface area contributed by atoms with E-state index in [1.807, 2.05) is 0 Å². The SMILES string of the molecule is CC1CCC(N2CCN(CC3CNNC3C3CCC(F)CC3)CC2)NC1. The van der Waals surface area contributed by atoms with Crippen molar-refractivity contribution in [2.45, 2.75) is 63.8 Å². The summed E-state index contributed by atoms with van der Waals surface area (Å²) in [6.07, 6.45) is 6.35. The predicted molar refractivity (Wildman–Crippen MR) is 103 cm³/mol. The Kier molecular flexibility index (Phi) is 6.47. The summed E-state index contributed by atoms with van der Waals surface area (Å²) in [6, 6.07) is 0.530. The molecule has 26 heavy (non-hydrogen) atoms. The average Bonchev–Trinajstić information content (AvgIpc) is 3.12. The molecule has 4 rings (SSSR count). The molecule has 0 aromatic heterocycles. The summed E-state index contributed by atoms with van der Waals surface area (Å²) >= 11 is 0. The van der Waals surface area contributed by atoms with Gasteiger partial charge in [0.05, 0.1) is 6.17 Å². The fourth-order valence-corrected chi connectivity index (χ4v) is 5.56. The van der Waals surface area contributed by atoms with Crippen molar-refractivity contribution >= 4 is 0 Å². The summed E-state index contributed by atoms with van der Waals surface area (Å²) in [5.41, 5.74) is 6.92. The monoisotopic (exact) mass is 367 g/mol. The van der Waals surface area contributed by atoms with Gasteiger partial charge in [0.15, 0.2) is 0 Å². The highest BCUT2D eigenvalue weighted by atomic mass is 19.1. The summed E-state index contributed by atoms with van der Waals surface area (Å²) < 4.78 is 13.5. The Morgan fingerprint density at radius 3 is 2.38 bits per heavy atom. The lowest BCUT2D eigenvalue weighted by atomic mass is 9.79. The lowest BCUT2D eigenvalue weighted by molar-refractivity contribution is 0.0519. The molecular formula is C20H38FN5. The van der Waals surface area contributed by atoms with E-state index in [0.29, 0.717) is 24.0 Å². The average molecular weight is 368 g/mol. The molecule has 0 amide bonds. The van der Waals surface area contributed by atoms with Crippen LogP contribution in [0.2, 0.25) is 0 Å². The first-order valence-corrected chi connectivity index (χ1v) is 11.0. The van der Waals surface area contributed by atoms with Crippen LogP contribution in [0.1, 0.15) is 45.4 Å². The smallest absolute Gasteiger partial charge is 0.100 e. The molecule has 3 heterocycles. The Balaban J connectivity index is 1.22. The fourth-order valence-electron chi connectivity index (χ4n) is 5.56. The standard InChI is InChI=1S/C20H38FN5/c1-15-2-7-19(22-12-15)26-10-8-25(9-11-26)14-17-13-23-24-20(17)16-3-5-18(21)6-4-16/h15-20,22-24H,2-14H2,1H3. The van der Waals surface area contributed by atoms with Crippen LogP contribution in [0.5, 0.6) is 0 Å². The largest absolute Gasteiger partial charge is 0.301 e. The Morgan fingerprint density at radius 2 is 1.69 bits per heavy atom. The third-order valence-electron chi connectivity index (χ3n) is 7.33. The molecule has 4 unspecified atom stereocenters. The number of piperazine rings is 1. The molecule has 0 spiro atoms. The molecule has 5 nitrogen and oxygen atoms in total. The summed E-state index contributed by atoms with van der Waals surface area (Å²) in [5.74, 6) is 2.15. The minimum atomic E-state index is -0.552. The molecule has 3 saturated heterocycles. The maximum Gasteiger partial charge on any atom is 0.100 e. The summed E-state index contributed by atoms with van der Waals surface area (Å²) in [5, 5.41) is 3.74. The first-order valence-electron chi connectivity index (χ1n) is 11.0. The quantitative estimate of drug-likeness (QED) is 0.704. The molecule has 4 fully saturated rings. The van der Waals surface area contributed by atoms with Gasteiger partial charge in [-0.3, -0.25) is 15.8 Å². The number of hydrogen-bond donors (Lipinski definition) is 3. The van der Waals surface area contributed by atoms with Gasteiger partial charge in [-0.2, -0.15) is 0 Å². The first-order chi connectivity index (χ1) is 12.7. The Bertz CT molecular complexity index is 426. The second-order valence-corrected chi connectivity index (χ2v) is 9.27. The van der Waals surface area contributed by atoms with Crippen molar-refractivity contribution in [3.63, 3.8) is 0 Å². The molecule has 3 aliphatic heterocycles. The van der Waals surface area contributed by atoms with Crippen LogP contribution in [0.25, 0.3) is 0 Å². The highest BCUT2D eigenvalue weighted by Crippen LogP contribution is 2.32. The number of nitrogens with zero attached hydrogens (tertiary/aromatic N) is 2. The van der Waals surface area contributed by atoms with Crippen molar-refractivity contribution in [2.24, 2.45) is 17.8 Å². The van der Waals surface area contributed by atoms with Crippen LogP contribution in [0.3, 0.4) is 0 Å². The van der Waals surface area contributed by atoms with E-state index in [1.54, 1.807) is 0 Å². The topological polar surface area (TPSA) is 42.6 Å². The van der Waals surface area contributed by atoms with Gasteiger partial charge in [0.2, 0.25) is 0 Å². The Morgan fingerprint density at radius 1 is 0.923 bits per heavy atom. The molecular weight excluding hydrogens is 329 g/mol. The lowest BCUT2D eigenvalue weighted by Crippen LogP contribution is -2.57. The van der Waals surface area contributed by atoms with Crippen molar-refractivity contribution < 1.29 is 4.39 Å². The second kappa shape index (κ2) is 8.82. The van der Waals surface area contributed by atoms with Crippen molar-refractivity contribution in [3.05, 3.63) is 0 Å². The molecule has 0 aromatic carbocycles. The zero-order valence-electron chi connectivity index (χ0n) is 16.4. The number of rotatable bonds is 4. The number of hydrazine groups is 1. The number of alkyl halides is 1. The highest BCUT2D eigenvalue weighted by molar-refractivity contribution is 4.92. The summed E-state index contributed by atoms with van der Waals surface area (Å²) in [7, 11) is 0. The van der Waals surface area contributed by atoms with E-state index in [2.05, 4.69) is 32.9 Å². The van der Waals surface area contributed by atoms with Crippen LogP contribution in [0.15, 0.2) is 0 Å². The molecule has 4 aliphatic rings. The van der Waals surface area contributed by atoms with Crippen LogP contribution in [-0.2, 0) is 0 Å². The predicted octanol–water partition coefficient (Wildman–Crippen LogP) is 1.57. The molecule has 1 saturated carbocycles. The van der Waals surface area contributed by atoms with Gasteiger partial charge in [0, 0.05) is 51.2 Å². The van der Waals surface area contributed by atoms with Crippen molar-refractivity contribution in [2.75, 3.05) is 45.8 Å².